The van der Waals surface area contributed by atoms with Crippen molar-refractivity contribution in [3.05, 3.63) is 5.82 Å². The van der Waals surface area contributed by atoms with E-state index in [9.17, 15) is 9.59 Å². The summed E-state index contributed by atoms with van der Waals surface area (Å²) in [6.45, 7) is 8.81. The van der Waals surface area contributed by atoms with Crippen LogP contribution in [0.1, 0.15) is 39.9 Å². The van der Waals surface area contributed by atoms with Crippen molar-refractivity contribution >= 4 is 24.2 Å². The van der Waals surface area contributed by atoms with Gasteiger partial charge in [-0.1, -0.05) is 20.8 Å². The summed E-state index contributed by atoms with van der Waals surface area (Å²) in [5.41, 5.74) is -0.208. The summed E-state index contributed by atoms with van der Waals surface area (Å²) in [6.07, 6.45) is 1.78. The molecule has 0 aliphatic heterocycles. The summed E-state index contributed by atoms with van der Waals surface area (Å²) in [7, 11) is 5.22. The summed E-state index contributed by atoms with van der Waals surface area (Å²) < 4.78 is 1.59. The van der Waals surface area contributed by atoms with Crippen LogP contribution in [0.2, 0.25) is 0 Å². The van der Waals surface area contributed by atoms with Crippen molar-refractivity contribution in [2.24, 2.45) is 0 Å². The fourth-order valence-electron chi connectivity index (χ4n) is 1.55. The highest BCUT2D eigenvalue weighted by Crippen LogP contribution is 2.27. The molecule has 0 radical (unpaired) electrons. The minimum absolute atomic E-state index is 0.208. The lowest BCUT2D eigenvalue weighted by atomic mass is 9.90. The third-order valence-corrected chi connectivity index (χ3v) is 5.34. The highest BCUT2D eigenvalue weighted by molar-refractivity contribution is 7.99. The number of quaternary nitrogens is 1. The van der Waals surface area contributed by atoms with Gasteiger partial charge in [0.15, 0.2) is 5.82 Å². The lowest BCUT2D eigenvalue weighted by molar-refractivity contribution is -0.809. The summed E-state index contributed by atoms with van der Waals surface area (Å²) in [6, 6.07) is -0.241. The highest BCUT2D eigenvalue weighted by Gasteiger charge is 2.29. The highest BCUT2D eigenvalue weighted by atomic mass is 32.2. The number of nitrogens with zero attached hydrogens (tertiary/aromatic N) is 5. The lowest BCUT2D eigenvalue weighted by Gasteiger charge is -2.24. The molecule has 0 bridgehead atoms. The summed E-state index contributed by atoms with van der Waals surface area (Å²) in [4.78, 5) is 29.7. The molecule has 8 heteroatoms. The van der Waals surface area contributed by atoms with Gasteiger partial charge in [-0.05, 0) is 25.1 Å². The van der Waals surface area contributed by atoms with Gasteiger partial charge in [-0.25, -0.2) is 14.6 Å². The molecule has 0 fully saturated rings. The number of carbonyl (C=O) groups is 2. The third-order valence-electron chi connectivity index (χ3n) is 4.10. The largest absolute Gasteiger partial charge is 0.346 e. The zero-order chi connectivity index (χ0) is 17.8. The number of aromatic nitrogens is 3. The maximum Gasteiger partial charge on any atom is 0.346 e. The maximum atomic E-state index is 12.4. The molecule has 0 saturated carbocycles. The van der Waals surface area contributed by atoms with E-state index >= 15 is 0 Å². The average molecular weight is 342 g/mol. The van der Waals surface area contributed by atoms with Crippen LogP contribution in [-0.2, 0) is 10.2 Å². The van der Waals surface area contributed by atoms with Gasteiger partial charge in [0.1, 0.15) is 5.88 Å². The van der Waals surface area contributed by atoms with Crippen LogP contribution in [0.25, 0.3) is 0 Å². The van der Waals surface area contributed by atoms with Crippen LogP contribution < -0.4 is 0 Å². The Morgan fingerprint density at radius 2 is 2.00 bits per heavy atom. The number of rotatable bonds is 7. The molecule has 1 aromatic heterocycles. The van der Waals surface area contributed by atoms with Crippen LogP contribution in [0.15, 0.2) is 5.16 Å². The fourth-order valence-corrected chi connectivity index (χ4v) is 2.60. The Kier molecular flexibility index (Phi) is 6.35. The average Bonchev–Trinajstić information content (AvgIpc) is 2.96. The van der Waals surface area contributed by atoms with Crippen LogP contribution in [0.5, 0.6) is 0 Å². The summed E-state index contributed by atoms with van der Waals surface area (Å²) in [5, 5.41) is 4.95. The van der Waals surface area contributed by atoms with Crippen LogP contribution in [0.4, 0.5) is 4.79 Å². The minimum atomic E-state index is -0.241. The van der Waals surface area contributed by atoms with E-state index in [1.165, 1.54) is 21.3 Å². The maximum absolute atomic E-state index is 12.4. The normalized spacial score (nSPS) is 14.4. The molecule has 130 valence electrons. The molecule has 0 aromatic carbocycles. The van der Waals surface area contributed by atoms with E-state index in [4.69, 9.17) is 0 Å². The van der Waals surface area contributed by atoms with Gasteiger partial charge in [0, 0.05) is 19.5 Å². The first-order chi connectivity index (χ1) is 10.6. The molecule has 1 unspecified atom stereocenters. The van der Waals surface area contributed by atoms with Gasteiger partial charge >= 0.3 is 12.4 Å². The summed E-state index contributed by atoms with van der Waals surface area (Å²) >= 11 is 1.38. The van der Waals surface area contributed by atoms with Gasteiger partial charge in [-0.3, -0.25) is 4.48 Å². The molecule has 0 saturated heterocycles. The van der Waals surface area contributed by atoms with Gasteiger partial charge in [0.05, 0.1) is 13.6 Å². The number of thioether (sulfide) groups is 1. The molecule has 1 atom stereocenters. The Morgan fingerprint density at radius 1 is 1.39 bits per heavy atom. The molecular formula is C15H28N5O2S+. The van der Waals surface area contributed by atoms with E-state index in [-0.39, 0.29) is 15.9 Å². The van der Waals surface area contributed by atoms with Crippen molar-refractivity contribution in [3.8, 4) is 0 Å². The Balaban J connectivity index is 3.18. The Bertz CT molecular complexity index is 570. The Hall–Kier alpha value is -1.41. The van der Waals surface area contributed by atoms with Gasteiger partial charge in [-0.15, -0.1) is 5.10 Å². The molecular weight excluding hydrogens is 314 g/mol. The second kappa shape index (κ2) is 7.44. The molecule has 1 aromatic rings. The van der Waals surface area contributed by atoms with E-state index in [1.807, 2.05) is 14.0 Å². The number of carbonyl (C=O) groups excluding carboxylic acids is 2. The van der Waals surface area contributed by atoms with Crippen LogP contribution in [-0.4, -0.2) is 70.2 Å². The first-order valence-corrected chi connectivity index (χ1v) is 8.71. The van der Waals surface area contributed by atoms with E-state index < -0.39 is 0 Å². The van der Waals surface area contributed by atoms with E-state index in [2.05, 4.69) is 30.9 Å². The standard InChI is InChI=1S/C15H28N5O2S/c1-8-15(3,4)12-16-13(19(17-12)14(22)18(5)6)23-11-20(7,9-2)10-21/h10H,8-9,11H2,1-7H3/q+1. The first-order valence-electron chi connectivity index (χ1n) is 7.72. The molecule has 0 aliphatic rings. The summed E-state index contributed by atoms with van der Waals surface area (Å²) in [5.74, 6) is 1.15. The monoisotopic (exact) mass is 342 g/mol. The second-order valence-corrected chi connectivity index (χ2v) is 7.63. The molecule has 2 amide bonds. The SMILES string of the molecule is CCC(C)(C)c1nc(SC[N+](C)(C=O)CC)n(C(=O)N(C)C)n1. The topological polar surface area (TPSA) is 68.1 Å². The zero-order valence-corrected chi connectivity index (χ0v) is 16.0. The Labute approximate surface area is 142 Å². The van der Waals surface area contributed by atoms with Gasteiger partial charge < -0.3 is 4.90 Å². The van der Waals surface area contributed by atoms with E-state index in [0.717, 1.165) is 12.8 Å². The zero-order valence-electron chi connectivity index (χ0n) is 15.2. The van der Waals surface area contributed by atoms with Gasteiger partial charge in [-0.2, -0.15) is 4.68 Å². The molecule has 1 rings (SSSR count). The van der Waals surface area contributed by atoms with Crippen molar-refractivity contribution in [3.63, 3.8) is 0 Å². The smallest absolute Gasteiger partial charge is 0.329 e. The molecule has 0 spiro atoms. The Morgan fingerprint density at radius 3 is 2.43 bits per heavy atom. The predicted molar refractivity (Wildman–Crippen MR) is 91.3 cm³/mol. The quantitative estimate of drug-likeness (QED) is 0.329. The predicted octanol–water partition coefficient (Wildman–Crippen LogP) is 2.17. The number of hydrogen-bond donors (Lipinski definition) is 0. The molecule has 0 N–H and O–H groups in total. The van der Waals surface area contributed by atoms with Gasteiger partial charge in [0.2, 0.25) is 5.16 Å². The minimum Gasteiger partial charge on any atom is -0.329 e. The fraction of sp³-hybridized carbons (Fsp3) is 0.733. The molecule has 1 heterocycles. The van der Waals surface area contributed by atoms with Crippen molar-refractivity contribution in [2.45, 2.75) is 44.7 Å². The van der Waals surface area contributed by atoms with Crippen molar-refractivity contribution in [1.29, 1.82) is 0 Å². The van der Waals surface area contributed by atoms with Crippen LogP contribution in [0.3, 0.4) is 0 Å². The molecule has 23 heavy (non-hydrogen) atoms. The number of hydrogen-bond acceptors (Lipinski definition) is 5. The second-order valence-electron chi connectivity index (χ2n) is 6.72. The first kappa shape index (κ1) is 19.6. The van der Waals surface area contributed by atoms with Gasteiger partial charge in [0.25, 0.3) is 0 Å². The van der Waals surface area contributed by atoms with Crippen molar-refractivity contribution < 1.29 is 14.1 Å². The van der Waals surface area contributed by atoms with Crippen molar-refractivity contribution in [2.75, 3.05) is 33.6 Å². The third kappa shape index (κ3) is 4.54. The molecule has 7 nitrogen and oxygen atoms in total. The van der Waals surface area contributed by atoms with E-state index in [0.29, 0.717) is 23.4 Å². The van der Waals surface area contributed by atoms with Crippen LogP contribution in [0, 0.1) is 0 Å². The number of amides is 2. The molecule has 0 aliphatic carbocycles. The van der Waals surface area contributed by atoms with Crippen LogP contribution >= 0.6 is 11.8 Å². The van der Waals surface area contributed by atoms with E-state index in [1.54, 1.807) is 14.1 Å². The lowest BCUT2D eigenvalue weighted by Crippen LogP contribution is -2.42. The van der Waals surface area contributed by atoms with Crippen molar-refractivity contribution in [1.82, 2.24) is 19.7 Å².